The Morgan fingerprint density at radius 3 is 2.90 bits per heavy atom. The monoisotopic (exact) mass is 147 g/mol. The quantitative estimate of drug-likeness (QED) is 0.611. The predicted molar refractivity (Wildman–Crippen MR) is 37.6 cm³/mol. The van der Waals surface area contributed by atoms with Gasteiger partial charge in [-0.15, -0.1) is 0 Å². The minimum Gasteiger partial charge on any atom is -0.392 e. The number of halogens is 1. The Kier molecular flexibility index (Phi) is 2.63. The highest BCUT2D eigenvalue weighted by Crippen LogP contribution is 2.11. The van der Waals surface area contributed by atoms with Gasteiger partial charge in [0.15, 0.2) is 0 Å². The fourth-order valence-corrected chi connectivity index (χ4v) is 1.32. The van der Waals surface area contributed by atoms with Crippen LogP contribution in [0.15, 0.2) is 0 Å². The van der Waals surface area contributed by atoms with Gasteiger partial charge >= 0.3 is 0 Å². The van der Waals surface area contributed by atoms with Crippen molar-refractivity contribution in [3.63, 3.8) is 0 Å². The molecule has 1 aliphatic rings. The molecule has 2 atom stereocenters. The highest BCUT2D eigenvalue weighted by Gasteiger charge is 2.21. The Hall–Kier alpha value is -0.150. The molecule has 60 valence electrons. The van der Waals surface area contributed by atoms with Crippen molar-refractivity contribution in [3.8, 4) is 0 Å². The number of likely N-dealkylation sites (tertiary alicyclic amines) is 1. The van der Waals surface area contributed by atoms with Crippen molar-refractivity contribution in [2.45, 2.75) is 25.6 Å². The maximum Gasteiger partial charge on any atom is 0.114 e. The largest absolute Gasteiger partial charge is 0.392 e. The summed E-state index contributed by atoms with van der Waals surface area (Å²) >= 11 is 0. The second kappa shape index (κ2) is 3.30. The number of aliphatic hydroxyl groups excluding tert-OH is 1. The molecule has 0 aliphatic carbocycles. The lowest BCUT2D eigenvalue weighted by atomic mass is 10.3. The lowest BCUT2D eigenvalue weighted by molar-refractivity contribution is 0.136. The van der Waals surface area contributed by atoms with Gasteiger partial charge in [-0.3, -0.25) is 4.90 Å². The third kappa shape index (κ3) is 2.23. The van der Waals surface area contributed by atoms with Crippen molar-refractivity contribution in [1.29, 1.82) is 0 Å². The van der Waals surface area contributed by atoms with Crippen LogP contribution in [0.3, 0.4) is 0 Å². The number of alkyl halides is 1. The second-order valence-electron chi connectivity index (χ2n) is 2.99. The summed E-state index contributed by atoms with van der Waals surface area (Å²) in [6.07, 6.45) is -0.365. The summed E-state index contributed by atoms with van der Waals surface area (Å²) in [4.78, 5) is 1.95. The van der Waals surface area contributed by atoms with Crippen molar-refractivity contribution in [2.75, 3.05) is 19.6 Å². The minimum absolute atomic E-state index is 0.328. The van der Waals surface area contributed by atoms with Crippen LogP contribution in [-0.2, 0) is 0 Å². The zero-order chi connectivity index (χ0) is 7.56. The van der Waals surface area contributed by atoms with Gasteiger partial charge in [0, 0.05) is 19.6 Å². The standard InChI is InChI=1S/C7H14FNO/c1-6(10)4-9-3-2-7(8)5-9/h6-7,10H,2-5H2,1H3/t6-,7?/m0/s1. The Morgan fingerprint density at radius 1 is 1.80 bits per heavy atom. The molecule has 0 aromatic heterocycles. The third-order valence-corrected chi connectivity index (χ3v) is 1.74. The van der Waals surface area contributed by atoms with Gasteiger partial charge in [-0.2, -0.15) is 0 Å². The van der Waals surface area contributed by atoms with E-state index in [0.29, 0.717) is 19.5 Å². The first-order valence-corrected chi connectivity index (χ1v) is 3.73. The molecule has 1 aliphatic heterocycles. The molecule has 0 bridgehead atoms. The van der Waals surface area contributed by atoms with Gasteiger partial charge in [0.2, 0.25) is 0 Å². The first kappa shape index (κ1) is 7.95. The summed E-state index contributed by atoms with van der Waals surface area (Å²) in [6, 6.07) is 0. The van der Waals surface area contributed by atoms with Gasteiger partial charge in [0.05, 0.1) is 6.10 Å². The van der Waals surface area contributed by atoms with Gasteiger partial charge in [0.25, 0.3) is 0 Å². The van der Waals surface area contributed by atoms with E-state index in [-0.39, 0.29) is 6.10 Å². The summed E-state index contributed by atoms with van der Waals surface area (Å²) in [5, 5.41) is 8.93. The molecule has 0 radical (unpaired) electrons. The fraction of sp³-hybridized carbons (Fsp3) is 1.00. The van der Waals surface area contributed by atoms with Crippen molar-refractivity contribution in [3.05, 3.63) is 0 Å². The van der Waals surface area contributed by atoms with Crippen LogP contribution in [-0.4, -0.2) is 41.9 Å². The zero-order valence-electron chi connectivity index (χ0n) is 6.26. The van der Waals surface area contributed by atoms with Gasteiger partial charge < -0.3 is 5.11 Å². The van der Waals surface area contributed by atoms with Crippen LogP contribution in [0, 0.1) is 0 Å². The van der Waals surface area contributed by atoms with Crippen LogP contribution in [0.4, 0.5) is 4.39 Å². The van der Waals surface area contributed by atoms with Crippen LogP contribution in [0.2, 0.25) is 0 Å². The highest BCUT2D eigenvalue weighted by atomic mass is 19.1. The summed E-state index contributed by atoms with van der Waals surface area (Å²) < 4.78 is 12.5. The topological polar surface area (TPSA) is 23.5 Å². The highest BCUT2D eigenvalue weighted by molar-refractivity contribution is 4.75. The zero-order valence-corrected chi connectivity index (χ0v) is 6.26. The average molecular weight is 147 g/mol. The Balaban J connectivity index is 2.18. The normalized spacial score (nSPS) is 30.9. The Bertz CT molecular complexity index is 108. The Labute approximate surface area is 60.6 Å². The third-order valence-electron chi connectivity index (χ3n) is 1.74. The molecule has 10 heavy (non-hydrogen) atoms. The van der Waals surface area contributed by atoms with Crippen molar-refractivity contribution in [1.82, 2.24) is 4.90 Å². The molecule has 1 N–H and O–H groups in total. The van der Waals surface area contributed by atoms with E-state index in [1.54, 1.807) is 6.92 Å². The lowest BCUT2D eigenvalue weighted by Crippen LogP contribution is -2.29. The molecule has 1 unspecified atom stereocenters. The summed E-state index contributed by atoms with van der Waals surface area (Å²) in [7, 11) is 0. The number of aliphatic hydroxyl groups is 1. The molecular weight excluding hydrogens is 133 g/mol. The van der Waals surface area contributed by atoms with E-state index in [9.17, 15) is 4.39 Å². The van der Waals surface area contributed by atoms with Crippen LogP contribution in [0.1, 0.15) is 13.3 Å². The van der Waals surface area contributed by atoms with Crippen molar-refractivity contribution >= 4 is 0 Å². The fourth-order valence-electron chi connectivity index (χ4n) is 1.32. The number of β-amino-alcohol motifs (C(OH)–C–C–N with tert-alkyl or cyclic N) is 1. The van der Waals surface area contributed by atoms with E-state index in [0.717, 1.165) is 6.54 Å². The average Bonchev–Trinajstić information content (AvgIpc) is 2.13. The molecule has 1 fully saturated rings. The number of rotatable bonds is 2. The minimum atomic E-state index is -0.668. The van der Waals surface area contributed by atoms with Crippen LogP contribution in [0.5, 0.6) is 0 Å². The van der Waals surface area contributed by atoms with E-state index in [1.807, 2.05) is 4.90 Å². The molecule has 3 heteroatoms. The summed E-state index contributed by atoms with van der Waals surface area (Å²) in [5.41, 5.74) is 0. The van der Waals surface area contributed by atoms with E-state index in [4.69, 9.17) is 5.11 Å². The number of nitrogens with zero attached hydrogens (tertiary/aromatic N) is 1. The molecular formula is C7H14FNO. The van der Waals surface area contributed by atoms with E-state index in [2.05, 4.69) is 0 Å². The van der Waals surface area contributed by atoms with Crippen LogP contribution >= 0.6 is 0 Å². The molecule has 1 heterocycles. The molecule has 2 nitrogen and oxygen atoms in total. The van der Waals surface area contributed by atoms with Crippen molar-refractivity contribution < 1.29 is 9.50 Å². The maximum absolute atomic E-state index is 12.5. The van der Waals surface area contributed by atoms with Crippen LogP contribution in [0.25, 0.3) is 0 Å². The van der Waals surface area contributed by atoms with Crippen molar-refractivity contribution in [2.24, 2.45) is 0 Å². The van der Waals surface area contributed by atoms with Gasteiger partial charge in [0.1, 0.15) is 6.17 Å². The van der Waals surface area contributed by atoms with E-state index < -0.39 is 6.17 Å². The van der Waals surface area contributed by atoms with Gasteiger partial charge in [-0.25, -0.2) is 4.39 Å². The summed E-state index contributed by atoms with van der Waals surface area (Å²) in [6.45, 7) is 3.64. The molecule has 0 spiro atoms. The van der Waals surface area contributed by atoms with Gasteiger partial charge in [-0.05, 0) is 13.3 Å². The van der Waals surface area contributed by atoms with E-state index >= 15 is 0 Å². The SMILES string of the molecule is C[C@H](O)CN1CCC(F)C1. The second-order valence-corrected chi connectivity index (χ2v) is 2.99. The molecule has 1 rings (SSSR count). The first-order valence-electron chi connectivity index (χ1n) is 3.73. The Morgan fingerprint density at radius 2 is 2.50 bits per heavy atom. The van der Waals surface area contributed by atoms with E-state index in [1.165, 1.54) is 0 Å². The summed E-state index contributed by atoms with van der Waals surface area (Å²) in [5.74, 6) is 0. The first-order chi connectivity index (χ1) is 4.68. The predicted octanol–water partition coefficient (Wildman–Crippen LogP) is 0.411. The smallest absolute Gasteiger partial charge is 0.114 e. The molecule has 0 aromatic rings. The molecule has 1 saturated heterocycles. The van der Waals surface area contributed by atoms with Crippen LogP contribution < -0.4 is 0 Å². The molecule has 0 saturated carbocycles. The molecule has 0 aromatic carbocycles. The number of hydrogen-bond acceptors (Lipinski definition) is 2. The molecule has 0 amide bonds. The maximum atomic E-state index is 12.5. The number of hydrogen-bond donors (Lipinski definition) is 1. The van der Waals surface area contributed by atoms with Gasteiger partial charge in [-0.1, -0.05) is 0 Å². The lowest BCUT2D eigenvalue weighted by Gasteiger charge is -2.15.